The van der Waals surface area contributed by atoms with Crippen molar-refractivity contribution in [2.45, 2.75) is 6.92 Å². The van der Waals surface area contributed by atoms with Crippen LogP contribution in [0.1, 0.15) is 6.92 Å². The summed E-state index contributed by atoms with van der Waals surface area (Å²) in [7, 11) is -3.98. The summed E-state index contributed by atoms with van der Waals surface area (Å²) in [6.45, 7) is 3.19. The largest absolute Gasteiger partial charge is 0.447 e. The van der Waals surface area contributed by atoms with Gasteiger partial charge >= 0.3 is 13.7 Å². The summed E-state index contributed by atoms with van der Waals surface area (Å²) < 4.78 is 25.2. The van der Waals surface area contributed by atoms with Gasteiger partial charge in [-0.15, -0.1) is 0 Å². The smallest absolute Gasteiger partial charge is 0.407 e. The molecule has 18 heavy (non-hydrogen) atoms. The second kappa shape index (κ2) is 10.3. The Balaban J connectivity index is 3.17. The van der Waals surface area contributed by atoms with Crippen molar-refractivity contribution in [3.8, 4) is 0 Å². The van der Waals surface area contributed by atoms with Gasteiger partial charge < -0.3 is 29.3 Å². The van der Waals surface area contributed by atoms with Crippen molar-refractivity contribution in [3.05, 3.63) is 0 Å². The third kappa shape index (κ3) is 13.4. The number of carbonyl (C=O) groups is 1. The summed E-state index contributed by atoms with van der Waals surface area (Å²) in [6.07, 6.45) is -0.785. The Hall–Kier alpha value is -0.660. The highest BCUT2D eigenvalue weighted by Crippen LogP contribution is 2.33. The van der Waals surface area contributed by atoms with E-state index < -0.39 is 13.7 Å². The lowest BCUT2D eigenvalue weighted by Crippen LogP contribution is -2.25. The van der Waals surface area contributed by atoms with E-state index >= 15 is 0 Å². The zero-order valence-corrected chi connectivity index (χ0v) is 11.2. The van der Waals surface area contributed by atoms with Gasteiger partial charge in [0, 0.05) is 6.54 Å². The average molecular weight is 285 g/mol. The van der Waals surface area contributed by atoms with E-state index in [2.05, 4.69) is 5.32 Å². The van der Waals surface area contributed by atoms with Crippen LogP contribution in [0.25, 0.3) is 0 Å². The Kier molecular flexibility index (Phi) is 9.90. The van der Waals surface area contributed by atoms with Gasteiger partial charge in [-0.3, -0.25) is 4.57 Å². The molecule has 0 unspecified atom stereocenters. The normalized spacial score (nSPS) is 11.3. The molecule has 0 aliphatic rings. The lowest BCUT2D eigenvalue weighted by molar-refractivity contribution is 0.0313. The maximum Gasteiger partial charge on any atom is 0.407 e. The Morgan fingerprint density at radius 2 is 1.67 bits per heavy atom. The van der Waals surface area contributed by atoms with Gasteiger partial charge in [-0.2, -0.15) is 0 Å². The van der Waals surface area contributed by atoms with Gasteiger partial charge in [0.15, 0.2) is 0 Å². The van der Waals surface area contributed by atoms with Crippen LogP contribution in [0.5, 0.6) is 0 Å². The molecule has 0 saturated heterocycles. The van der Waals surface area contributed by atoms with Crippen molar-refractivity contribution < 1.29 is 33.4 Å². The molecule has 0 aromatic heterocycles. The van der Waals surface area contributed by atoms with Crippen molar-refractivity contribution in [1.82, 2.24) is 5.32 Å². The number of hydrogen-bond acceptors (Lipinski definition) is 5. The van der Waals surface area contributed by atoms with Crippen LogP contribution in [0.4, 0.5) is 4.79 Å². The van der Waals surface area contributed by atoms with Gasteiger partial charge in [0.1, 0.15) is 6.61 Å². The van der Waals surface area contributed by atoms with E-state index in [0.717, 1.165) is 0 Å². The van der Waals surface area contributed by atoms with Crippen LogP contribution in [0.3, 0.4) is 0 Å². The molecular formula is C9H20NO7P. The number of ether oxygens (including phenoxy) is 3. The minimum Gasteiger partial charge on any atom is -0.447 e. The van der Waals surface area contributed by atoms with Gasteiger partial charge in [0.05, 0.1) is 32.6 Å². The van der Waals surface area contributed by atoms with E-state index in [1.807, 2.05) is 0 Å². The first-order valence-electron chi connectivity index (χ1n) is 5.56. The molecule has 0 rings (SSSR count). The molecule has 0 saturated carbocycles. The minimum absolute atomic E-state index is 0.0109. The molecule has 0 bridgehead atoms. The molecule has 0 fully saturated rings. The highest BCUT2D eigenvalue weighted by atomic mass is 31.2. The average Bonchev–Trinajstić information content (AvgIpc) is 2.25. The molecular weight excluding hydrogens is 265 g/mol. The van der Waals surface area contributed by atoms with E-state index in [1.165, 1.54) is 0 Å². The van der Waals surface area contributed by atoms with Crippen LogP contribution in [0.15, 0.2) is 0 Å². The fourth-order valence-corrected chi connectivity index (χ4v) is 1.26. The highest BCUT2D eigenvalue weighted by molar-refractivity contribution is 7.51. The van der Waals surface area contributed by atoms with E-state index in [0.29, 0.717) is 6.54 Å². The highest BCUT2D eigenvalue weighted by Gasteiger charge is 2.11. The number of rotatable bonds is 10. The van der Waals surface area contributed by atoms with E-state index in [-0.39, 0.29) is 39.2 Å². The molecule has 0 aromatic carbocycles. The summed E-state index contributed by atoms with van der Waals surface area (Å²) in [6, 6.07) is 0. The second-order valence-corrected chi connectivity index (χ2v) is 5.06. The lowest BCUT2D eigenvalue weighted by Gasteiger charge is -2.07. The van der Waals surface area contributed by atoms with Crippen LogP contribution >= 0.6 is 7.60 Å². The minimum atomic E-state index is -3.98. The van der Waals surface area contributed by atoms with Gasteiger partial charge in [-0.1, -0.05) is 0 Å². The van der Waals surface area contributed by atoms with Gasteiger partial charge in [-0.05, 0) is 6.92 Å². The summed E-state index contributed by atoms with van der Waals surface area (Å²) in [5.41, 5.74) is 0. The van der Waals surface area contributed by atoms with Crippen LogP contribution in [-0.4, -0.2) is 61.6 Å². The predicted octanol–water partition coefficient (Wildman–Crippen LogP) is -0.0566. The first-order valence-corrected chi connectivity index (χ1v) is 7.36. The number of nitrogens with one attached hydrogen (secondary N) is 1. The zero-order chi connectivity index (χ0) is 13.9. The number of alkyl carbamates (subject to hydrolysis) is 1. The maximum atomic E-state index is 10.8. The van der Waals surface area contributed by atoms with Crippen LogP contribution in [0.2, 0.25) is 0 Å². The maximum absolute atomic E-state index is 10.8. The quantitative estimate of drug-likeness (QED) is 0.380. The molecule has 0 radical (unpaired) electrons. The number of hydrogen-bond donors (Lipinski definition) is 3. The monoisotopic (exact) mass is 285 g/mol. The van der Waals surface area contributed by atoms with Crippen molar-refractivity contribution in [1.29, 1.82) is 0 Å². The fourth-order valence-electron chi connectivity index (χ4n) is 0.894. The molecule has 0 aliphatic heterocycles. The molecule has 0 heterocycles. The van der Waals surface area contributed by atoms with Crippen LogP contribution in [-0.2, 0) is 18.8 Å². The molecule has 3 N–H and O–H groups in total. The second-order valence-electron chi connectivity index (χ2n) is 3.28. The summed E-state index contributed by atoms with van der Waals surface area (Å²) in [5, 5.41) is 2.46. The van der Waals surface area contributed by atoms with Crippen molar-refractivity contribution in [2.75, 3.05) is 45.7 Å². The molecule has 0 aliphatic carbocycles. The molecule has 8 nitrogen and oxygen atoms in total. The van der Waals surface area contributed by atoms with Crippen molar-refractivity contribution in [2.24, 2.45) is 0 Å². The third-order valence-corrected chi connectivity index (χ3v) is 2.45. The van der Waals surface area contributed by atoms with Crippen molar-refractivity contribution in [3.63, 3.8) is 0 Å². The van der Waals surface area contributed by atoms with E-state index in [1.54, 1.807) is 6.92 Å². The number of carbonyl (C=O) groups excluding carboxylic acids is 1. The SMILES string of the molecule is CCNC(=O)OCCOCCOCCP(=O)(O)O. The fraction of sp³-hybridized carbons (Fsp3) is 0.889. The van der Waals surface area contributed by atoms with Crippen LogP contribution in [0, 0.1) is 0 Å². The van der Waals surface area contributed by atoms with Crippen LogP contribution < -0.4 is 5.32 Å². The summed E-state index contributed by atoms with van der Waals surface area (Å²) in [4.78, 5) is 27.9. The summed E-state index contributed by atoms with van der Waals surface area (Å²) in [5.74, 6) is 0. The van der Waals surface area contributed by atoms with Gasteiger partial charge in [0.25, 0.3) is 0 Å². The van der Waals surface area contributed by atoms with Crippen molar-refractivity contribution >= 4 is 13.7 Å². The standard InChI is InChI=1S/C9H20NO7P/c1-2-10-9(11)17-6-5-15-3-4-16-7-8-18(12,13)14/h2-8H2,1H3,(H,10,11)(H2,12,13,14). The topological polar surface area (TPSA) is 114 Å². The Morgan fingerprint density at radius 1 is 1.11 bits per heavy atom. The lowest BCUT2D eigenvalue weighted by atomic mass is 10.7. The van der Waals surface area contributed by atoms with Gasteiger partial charge in [0.2, 0.25) is 0 Å². The molecule has 0 atom stereocenters. The van der Waals surface area contributed by atoms with Gasteiger partial charge in [-0.25, -0.2) is 4.79 Å². The summed E-state index contributed by atoms with van der Waals surface area (Å²) >= 11 is 0. The Labute approximate surface area is 106 Å². The molecule has 0 aromatic rings. The molecule has 0 spiro atoms. The first-order chi connectivity index (χ1) is 8.45. The zero-order valence-electron chi connectivity index (χ0n) is 10.3. The molecule has 1 amide bonds. The number of amides is 1. The molecule has 108 valence electrons. The van der Waals surface area contributed by atoms with E-state index in [4.69, 9.17) is 24.0 Å². The predicted molar refractivity (Wildman–Crippen MR) is 63.6 cm³/mol. The third-order valence-electron chi connectivity index (χ3n) is 1.68. The van der Waals surface area contributed by atoms with E-state index in [9.17, 15) is 9.36 Å². The Bertz CT molecular complexity index is 268. The first kappa shape index (κ1) is 17.3. The molecule has 9 heteroatoms. The Morgan fingerprint density at radius 3 is 2.22 bits per heavy atom.